The van der Waals surface area contributed by atoms with Gasteiger partial charge < -0.3 is 11.1 Å². The third-order valence-corrected chi connectivity index (χ3v) is 2.23. The summed E-state index contributed by atoms with van der Waals surface area (Å²) in [5.74, 6) is 0.445. The molecule has 0 aromatic carbocycles. The van der Waals surface area contributed by atoms with Gasteiger partial charge in [-0.05, 0) is 24.7 Å². The van der Waals surface area contributed by atoms with Crippen LogP contribution in [0.25, 0.3) is 0 Å². The van der Waals surface area contributed by atoms with Crippen molar-refractivity contribution in [1.29, 1.82) is 0 Å². The second kappa shape index (κ2) is 7.39. The first-order valence-electron chi connectivity index (χ1n) is 5.80. The van der Waals surface area contributed by atoms with E-state index in [9.17, 15) is 9.59 Å². The summed E-state index contributed by atoms with van der Waals surface area (Å²) in [5, 5.41) is 2.62. The van der Waals surface area contributed by atoms with Crippen LogP contribution in [0, 0.1) is 11.8 Å². The first-order valence-corrected chi connectivity index (χ1v) is 5.80. The summed E-state index contributed by atoms with van der Waals surface area (Å²) in [4.78, 5) is 22.3. The summed E-state index contributed by atoms with van der Waals surface area (Å²) in [6.45, 7) is 7.99. The molecule has 1 radical (unpaired) electrons. The number of nitrogens with one attached hydrogen (secondary N) is 1. The lowest BCUT2D eigenvalue weighted by Crippen LogP contribution is -2.46. The SMILES string of the molecule is CC(C)CC([C]=O)NC(=O)C(N)CC(C)C. The fourth-order valence-corrected chi connectivity index (χ4v) is 1.50. The Morgan fingerprint density at radius 3 is 2.06 bits per heavy atom. The van der Waals surface area contributed by atoms with E-state index in [1.807, 2.05) is 34.0 Å². The first kappa shape index (κ1) is 15.1. The molecule has 4 nitrogen and oxygen atoms in total. The van der Waals surface area contributed by atoms with Crippen molar-refractivity contribution in [1.82, 2.24) is 5.32 Å². The lowest BCUT2D eigenvalue weighted by Gasteiger charge is -2.18. The summed E-state index contributed by atoms with van der Waals surface area (Å²) in [6, 6.07) is -1.08. The predicted molar refractivity (Wildman–Crippen MR) is 64.5 cm³/mol. The topological polar surface area (TPSA) is 72.2 Å². The van der Waals surface area contributed by atoms with Gasteiger partial charge in [0, 0.05) is 0 Å². The molecule has 16 heavy (non-hydrogen) atoms. The lowest BCUT2D eigenvalue weighted by atomic mass is 10.0. The Balaban J connectivity index is 4.13. The summed E-state index contributed by atoms with van der Waals surface area (Å²) >= 11 is 0. The zero-order valence-corrected chi connectivity index (χ0v) is 10.6. The molecule has 0 aliphatic carbocycles. The second-order valence-corrected chi connectivity index (χ2v) is 5.04. The molecular formula is C12H23N2O2. The highest BCUT2D eigenvalue weighted by Crippen LogP contribution is 2.05. The Bertz CT molecular complexity index is 227. The fourth-order valence-electron chi connectivity index (χ4n) is 1.50. The van der Waals surface area contributed by atoms with Gasteiger partial charge in [0.15, 0.2) is 0 Å². The number of rotatable bonds is 7. The van der Waals surface area contributed by atoms with Gasteiger partial charge in [0.25, 0.3) is 0 Å². The largest absolute Gasteiger partial charge is 0.344 e. The highest BCUT2D eigenvalue weighted by molar-refractivity contribution is 5.84. The molecule has 2 unspecified atom stereocenters. The summed E-state index contributed by atoms with van der Waals surface area (Å²) in [6.07, 6.45) is 3.06. The quantitative estimate of drug-likeness (QED) is 0.681. The van der Waals surface area contributed by atoms with Crippen LogP contribution in [0.5, 0.6) is 0 Å². The van der Waals surface area contributed by atoms with Crippen LogP contribution in [0.4, 0.5) is 0 Å². The van der Waals surface area contributed by atoms with E-state index in [0.717, 1.165) is 0 Å². The van der Waals surface area contributed by atoms with Crippen molar-refractivity contribution >= 4 is 12.2 Å². The normalized spacial score (nSPS) is 14.9. The Labute approximate surface area is 98.0 Å². The van der Waals surface area contributed by atoms with Crippen LogP contribution >= 0.6 is 0 Å². The van der Waals surface area contributed by atoms with E-state index in [0.29, 0.717) is 24.7 Å². The van der Waals surface area contributed by atoms with Gasteiger partial charge >= 0.3 is 0 Å². The highest BCUT2D eigenvalue weighted by atomic mass is 16.2. The monoisotopic (exact) mass is 227 g/mol. The molecule has 0 aliphatic heterocycles. The van der Waals surface area contributed by atoms with Crippen LogP contribution in [0.15, 0.2) is 0 Å². The van der Waals surface area contributed by atoms with E-state index in [-0.39, 0.29) is 5.91 Å². The molecule has 2 atom stereocenters. The minimum Gasteiger partial charge on any atom is -0.344 e. The van der Waals surface area contributed by atoms with Crippen LogP contribution in [-0.4, -0.2) is 24.3 Å². The van der Waals surface area contributed by atoms with Gasteiger partial charge in [-0.3, -0.25) is 9.59 Å². The molecule has 4 heteroatoms. The van der Waals surface area contributed by atoms with Gasteiger partial charge in [0.05, 0.1) is 12.1 Å². The van der Waals surface area contributed by atoms with Crippen LogP contribution in [-0.2, 0) is 9.59 Å². The van der Waals surface area contributed by atoms with Gasteiger partial charge in [-0.2, -0.15) is 0 Å². The average Bonchev–Trinajstić information content (AvgIpc) is 2.14. The number of carbonyl (C=O) groups excluding carboxylic acids is 2. The van der Waals surface area contributed by atoms with E-state index in [1.165, 1.54) is 0 Å². The summed E-state index contributed by atoms with van der Waals surface area (Å²) < 4.78 is 0. The molecule has 0 heterocycles. The second-order valence-electron chi connectivity index (χ2n) is 5.04. The predicted octanol–water partition coefficient (Wildman–Crippen LogP) is 1.00. The summed E-state index contributed by atoms with van der Waals surface area (Å²) in [5.41, 5.74) is 5.71. The Hall–Kier alpha value is -0.900. The van der Waals surface area contributed by atoms with Crippen molar-refractivity contribution in [2.75, 3.05) is 0 Å². The molecule has 0 aromatic rings. The number of carbonyl (C=O) groups is 1. The van der Waals surface area contributed by atoms with E-state index < -0.39 is 12.1 Å². The van der Waals surface area contributed by atoms with Crippen LogP contribution in [0.1, 0.15) is 40.5 Å². The smallest absolute Gasteiger partial charge is 0.237 e. The minimum atomic E-state index is -0.539. The van der Waals surface area contributed by atoms with E-state index in [4.69, 9.17) is 5.73 Å². The van der Waals surface area contributed by atoms with E-state index in [1.54, 1.807) is 0 Å². The van der Waals surface area contributed by atoms with E-state index >= 15 is 0 Å². The Kier molecular flexibility index (Phi) is 6.97. The zero-order chi connectivity index (χ0) is 12.7. The van der Waals surface area contributed by atoms with Gasteiger partial charge in [-0.15, -0.1) is 0 Å². The van der Waals surface area contributed by atoms with Crippen molar-refractivity contribution in [2.24, 2.45) is 17.6 Å². The molecule has 0 saturated carbocycles. The number of hydrogen-bond acceptors (Lipinski definition) is 3. The van der Waals surface area contributed by atoms with Crippen LogP contribution < -0.4 is 11.1 Å². The number of amides is 1. The molecule has 0 rings (SSSR count). The molecule has 0 saturated heterocycles. The third kappa shape index (κ3) is 6.56. The van der Waals surface area contributed by atoms with Crippen LogP contribution in [0.2, 0.25) is 0 Å². The molecule has 0 spiro atoms. The molecule has 0 fully saturated rings. The molecule has 0 bridgehead atoms. The van der Waals surface area contributed by atoms with Crippen molar-refractivity contribution in [2.45, 2.75) is 52.6 Å². The lowest BCUT2D eigenvalue weighted by molar-refractivity contribution is -0.123. The van der Waals surface area contributed by atoms with Gasteiger partial charge in [0.1, 0.15) is 0 Å². The minimum absolute atomic E-state index is 0.261. The number of hydrogen-bond donors (Lipinski definition) is 2. The van der Waals surface area contributed by atoms with Crippen LogP contribution in [0.3, 0.4) is 0 Å². The highest BCUT2D eigenvalue weighted by Gasteiger charge is 2.19. The van der Waals surface area contributed by atoms with Crippen molar-refractivity contribution in [3.05, 3.63) is 0 Å². The fraction of sp³-hybridized carbons (Fsp3) is 0.833. The van der Waals surface area contributed by atoms with Gasteiger partial charge in [0.2, 0.25) is 12.2 Å². The van der Waals surface area contributed by atoms with E-state index in [2.05, 4.69) is 5.32 Å². The molecule has 1 amide bonds. The average molecular weight is 227 g/mol. The molecule has 0 aliphatic rings. The number of nitrogens with two attached hydrogens (primary N) is 1. The maximum atomic E-state index is 11.6. The Morgan fingerprint density at radius 2 is 1.69 bits per heavy atom. The zero-order valence-electron chi connectivity index (χ0n) is 10.6. The third-order valence-electron chi connectivity index (χ3n) is 2.23. The van der Waals surface area contributed by atoms with Gasteiger partial charge in [-0.1, -0.05) is 27.7 Å². The molecule has 93 valence electrons. The van der Waals surface area contributed by atoms with Crippen molar-refractivity contribution in [3.8, 4) is 0 Å². The van der Waals surface area contributed by atoms with Gasteiger partial charge in [-0.25, -0.2) is 0 Å². The van der Waals surface area contributed by atoms with Crippen molar-refractivity contribution in [3.63, 3.8) is 0 Å². The maximum Gasteiger partial charge on any atom is 0.237 e. The summed E-state index contributed by atoms with van der Waals surface area (Å²) in [7, 11) is 0. The standard InChI is InChI=1S/C12H23N2O2/c1-8(2)5-10(7-15)14-12(16)11(13)6-9(3)4/h8-11H,5-6,13H2,1-4H3,(H,14,16). The molecular weight excluding hydrogens is 204 g/mol. The first-order chi connectivity index (χ1) is 7.36. The molecule has 3 N–H and O–H groups in total. The molecule has 0 aromatic heterocycles. The van der Waals surface area contributed by atoms with Crippen molar-refractivity contribution < 1.29 is 9.59 Å². The maximum absolute atomic E-state index is 11.6. The Morgan fingerprint density at radius 1 is 1.19 bits per heavy atom.